The lowest BCUT2D eigenvalue weighted by Gasteiger charge is -2.18. The third-order valence-corrected chi connectivity index (χ3v) is 4.21. The van der Waals surface area contributed by atoms with E-state index >= 15 is 0 Å². The lowest BCUT2D eigenvalue weighted by molar-refractivity contribution is -0.138. The molecule has 2 aromatic rings. The minimum atomic E-state index is -5.04. The summed E-state index contributed by atoms with van der Waals surface area (Å²) < 4.78 is 84.6. The quantitative estimate of drug-likeness (QED) is 0.234. The van der Waals surface area contributed by atoms with Crippen LogP contribution in [0.3, 0.4) is 0 Å². The first-order valence-electron chi connectivity index (χ1n) is 9.00. The average molecular weight is 457 g/mol. The Balaban J connectivity index is 2.58. The van der Waals surface area contributed by atoms with Crippen molar-refractivity contribution in [1.82, 2.24) is 0 Å². The number of aliphatic hydroxyl groups excluding tert-OH is 1. The summed E-state index contributed by atoms with van der Waals surface area (Å²) >= 11 is 0. The lowest BCUT2D eigenvalue weighted by atomic mass is 9.85. The van der Waals surface area contributed by atoms with E-state index in [2.05, 4.69) is 0 Å². The minimum Gasteiger partial charge on any atom is -0.506 e. The molecule has 1 N–H and O–H groups in total. The van der Waals surface area contributed by atoms with Crippen LogP contribution >= 0.6 is 0 Å². The molecule has 32 heavy (non-hydrogen) atoms. The van der Waals surface area contributed by atoms with Gasteiger partial charge in [-0.2, -0.15) is 31.6 Å². The number of ketones is 1. The summed E-state index contributed by atoms with van der Waals surface area (Å²) in [7, 11) is 0. The van der Waals surface area contributed by atoms with Gasteiger partial charge < -0.3 is 9.84 Å². The second-order valence-corrected chi connectivity index (χ2v) is 7.75. The second-order valence-electron chi connectivity index (χ2n) is 7.75. The Hall–Kier alpha value is -3.48. The molecule has 0 bridgehead atoms. The van der Waals surface area contributed by atoms with Gasteiger partial charge in [0.1, 0.15) is 28.9 Å². The Labute approximate surface area is 179 Å². The number of alkyl halides is 6. The van der Waals surface area contributed by atoms with Gasteiger partial charge in [-0.05, 0) is 36.4 Å². The van der Waals surface area contributed by atoms with Crippen molar-refractivity contribution in [3.63, 3.8) is 0 Å². The van der Waals surface area contributed by atoms with E-state index in [1.165, 1.54) is 26.8 Å². The smallest absolute Gasteiger partial charge is 0.417 e. The third kappa shape index (κ3) is 5.60. The molecule has 0 fully saturated rings. The number of aliphatic hydroxyl groups is 1. The molecular weight excluding hydrogens is 440 g/mol. The molecule has 0 aromatic heterocycles. The Morgan fingerprint density at radius 1 is 0.938 bits per heavy atom. The fourth-order valence-electron chi connectivity index (χ4n) is 2.62. The van der Waals surface area contributed by atoms with Crippen LogP contribution in [-0.4, -0.2) is 10.9 Å². The fourth-order valence-corrected chi connectivity index (χ4v) is 2.62. The van der Waals surface area contributed by atoms with Gasteiger partial charge in [-0.1, -0.05) is 26.8 Å². The fraction of sp³-hybridized carbons (Fsp3) is 0.273. The summed E-state index contributed by atoms with van der Waals surface area (Å²) in [5.41, 5.74) is -5.33. The van der Waals surface area contributed by atoms with Crippen LogP contribution in [0.25, 0.3) is 5.76 Å². The Kier molecular flexibility index (Phi) is 6.64. The number of allylic oxidation sites excluding steroid dienone is 1. The maximum atomic E-state index is 13.6. The van der Waals surface area contributed by atoms with E-state index in [1.807, 2.05) is 0 Å². The SMILES string of the molecule is CC(C)(C)C(=O)C(C#N)=C(O)c1ccc(Oc2cccc(C(F)(F)F)c2)cc1C(F)(F)F. The number of hydrogen-bond acceptors (Lipinski definition) is 4. The highest BCUT2D eigenvalue weighted by Crippen LogP contribution is 2.39. The van der Waals surface area contributed by atoms with Crippen LogP contribution in [0.2, 0.25) is 0 Å². The van der Waals surface area contributed by atoms with Crippen molar-refractivity contribution < 1.29 is 41.0 Å². The van der Waals surface area contributed by atoms with Crippen LogP contribution in [0.15, 0.2) is 48.0 Å². The largest absolute Gasteiger partial charge is 0.506 e. The highest BCUT2D eigenvalue weighted by Gasteiger charge is 2.37. The first-order valence-corrected chi connectivity index (χ1v) is 9.00. The van der Waals surface area contributed by atoms with Crippen molar-refractivity contribution in [3.8, 4) is 17.6 Å². The van der Waals surface area contributed by atoms with E-state index in [0.29, 0.717) is 12.1 Å². The van der Waals surface area contributed by atoms with E-state index in [0.717, 1.165) is 30.3 Å². The van der Waals surface area contributed by atoms with Crippen LogP contribution in [0.5, 0.6) is 11.5 Å². The van der Waals surface area contributed by atoms with Crippen molar-refractivity contribution in [1.29, 1.82) is 5.26 Å². The number of halogens is 6. The number of nitrogens with zero attached hydrogens (tertiary/aromatic N) is 1. The summed E-state index contributed by atoms with van der Waals surface area (Å²) in [5.74, 6) is -2.85. The molecule has 0 amide bonds. The average Bonchev–Trinajstić information content (AvgIpc) is 2.66. The first kappa shape index (κ1) is 24.8. The number of hydrogen-bond donors (Lipinski definition) is 1. The molecule has 0 heterocycles. The molecule has 2 aromatic carbocycles. The zero-order valence-corrected chi connectivity index (χ0v) is 17.0. The summed E-state index contributed by atoms with van der Waals surface area (Å²) in [6, 6.07) is 7.19. The number of Topliss-reactive ketones (excluding diaryl/α,β-unsaturated/α-hetero) is 1. The number of carbonyl (C=O) groups excluding carboxylic acids is 1. The van der Waals surface area contributed by atoms with Crippen molar-refractivity contribution in [2.75, 3.05) is 0 Å². The summed E-state index contributed by atoms with van der Waals surface area (Å²) in [6.07, 6.45) is -9.72. The zero-order valence-electron chi connectivity index (χ0n) is 17.0. The topological polar surface area (TPSA) is 70.3 Å². The van der Waals surface area contributed by atoms with Crippen molar-refractivity contribution in [3.05, 3.63) is 64.7 Å². The molecule has 0 atom stereocenters. The Morgan fingerprint density at radius 2 is 1.53 bits per heavy atom. The molecule has 0 radical (unpaired) electrons. The summed E-state index contributed by atoms with van der Waals surface area (Å²) in [4.78, 5) is 12.4. The van der Waals surface area contributed by atoms with E-state index in [-0.39, 0.29) is 5.75 Å². The molecule has 0 saturated heterocycles. The second kappa shape index (κ2) is 8.57. The van der Waals surface area contributed by atoms with Crippen molar-refractivity contribution >= 4 is 11.5 Å². The van der Waals surface area contributed by atoms with Crippen LogP contribution in [-0.2, 0) is 17.1 Å². The molecule has 170 valence electrons. The molecule has 0 unspecified atom stereocenters. The monoisotopic (exact) mass is 457 g/mol. The number of ether oxygens (including phenoxy) is 1. The Bertz CT molecular complexity index is 1100. The van der Waals surface area contributed by atoms with Crippen molar-refractivity contribution in [2.45, 2.75) is 33.1 Å². The predicted octanol–water partition coefficient (Wildman–Crippen LogP) is 6.92. The maximum absolute atomic E-state index is 13.6. The number of nitriles is 1. The third-order valence-electron chi connectivity index (χ3n) is 4.21. The van der Waals surface area contributed by atoms with Gasteiger partial charge >= 0.3 is 12.4 Å². The summed E-state index contributed by atoms with van der Waals surface area (Å²) in [5, 5.41) is 19.6. The molecular formula is C22H17F6NO3. The van der Waals surface area contributed by atoms with Gasteiger partial charge in [0.05, 0.1) is 11.1 Å². The van der Waals surface area contributed by atoms with Gasteiger partial charge in [0.15, 0.2) is 5.78 Å². The normalized spacial score (nSPS) is 13.2. The molecule has 0 aliphatic carbocycles. The zero-order chi connectivity index (χ0) is 24.5. The molecule has 0 spiro atoms. The van der Waals surface area contributed by atoms with Gasteiger partial charge in [-0.15, -0.1) is 0 Å². The Morgan fingerprint density at radius 3 is 2.03 bits per heavy atom. The lowest BCUT2D eigenvalue weighted by Crippen LogP contribution is -2.23. The van der Waals surface area contributed by atoms with Crippen LogP contribution in [0.4, 0.5) is 26.3 Å². The highest BCUT2D eigenvalue weighted by atomic mass is 19.4. The number of carbonyl (C=O) groups is 1. The number of rotatable bonds is 4. The van der Waals surface area contributed by atoms with Gasteiger partial charge in [-0.25, -0.2) is 0 Å². The molecule has 10 heteroatoms. The molecule has 0 aliphatic rings. The van der Waals surface area contributed by atoms with E-state index < -0.39 is 57.3 Å². The minimum absolute atomic E-state index is 0.360. The van der Waals surface area contributed by atoms with Crippen LogP contribution < -0.4 is 4.74 Å². The first-order chi connectivity index (χ1) is 14.6. The molecule has 0 aliphatic heterocycles. The molecule has 2 rings (SSSR count). The van der Waals surface area contributed by atoms with Gasteiger partial charge in [0.2, 0.25) is 0 Å². The van der Waals surface area contributed by atoms with E-state index in [9.17, 15) is 41.5 Å². The van der Waals surface area contributed by atoms with Crippen LogP contribution in [0.1, 0.15) is 37.5 Å². The molecule has 4 nitrogen and oxygen atoms in total. The van der Waals surface area contributed by atoms with Gasteiger partial charge in [0, 0.05) is 11.0 Å². The maximum Gasteiger partial charge on any atom is 0.417 e. The predicted molar refractivity (Wildman–Crippen MR) is 103 cm³/mol. The number of benzene rings is 2. The highest BCUT2D eigenvalue weighted by molar-refractivity contribution is 6.07. The van der Waals surface area contributed by atoms with Crippen molar-refractivity contribution in [2.24, 2.45) is 5.41 Å². The van der Waals surface area contributed by atoms with Crippen LogP contribution in [0, 0.1) is 16.7 Å². The molecule has 0 saturated carbocycles. The van der Waals surface area contributed by atoms with Gasteiger partial charge in [0.25, 0.3) is 0 Å². The van der Waals surface area contributed by atoms with Gasteiger partial charge in [-0.3, -0.25) is 4.79 Å². The standard InChI is InChI=1S/C22H17F6NO3/c1-20(2,3)19(31)16(11-29)18(30)15-8-7-14(10-17(15)22(26,27)28)32-13-6-4-5-12(9-13)21(23,24)25/h4-10,30H,1-3H3. The van der Waals surface area contributed by atoms with E-state index in [1.54, 1.807) is 0 Å². The summed E-state index contributed by atoms with van der Waals surface area (Å²) in [6.45, 7) is 4.28. The van der Waals surface area contributed by atoms with E-state index in [4.69, 9.17) is 4.74 Å².